The molecule has 0 aromatic heterocycles. The number of carbonyl (C=O) groups excluding carboxylic acids is 1. The maximum atomic E-state index is 11.0. The van der Waals surface area contributed by atoms with E-state index in [9.17, 15) is 4.79 Å². The van der Waals surface area contributed by atoms with Crippen molar-refractivity contribution in [2.75, 3.05) is 5.73 Å². The predicted molar refractivity (Wildman–Crippen MR) is 56.0 cm³/mol. The summed E-state index contributed by atoms with van der Waals surface area (Å²) in [4.78, 5) is 11.0. The first-order valence-electron chi connectivity index (χ1n) is 4.51. The first-order chi connectivity index (χ1) is 6.66. The number of nitrogens with two attached hydrogens (primary N) is 1. The van der Waals surface area contributed by atoms with Gasteiger partial charge in [0.15, 0.2) is 0 Å². The van der Waals surface area contributed by atoms with Crippen LogP contribution in [0.4, 0.5) is 5.69 Å². The monoisotopic (exact) mass is 210 g/mol. The van der Waals surface area contributed by atoms with Crippen molar-refractivity contribution in [1.82, 2.24) is 5.32 Å². The van der Waals surface area contributed by atoms with Crippen LogP contribution in [0.3, 0.4) is 0 Å². The molecule has 1 amide bonds. The number of anilines is 1. The van der Waals surface area contributed by atoms with Gasteiger partial charge >= 0.3 is 0 Å². The molecule has 4 heteroatoms. The topological polar surface area (TPSA) is 55.1 Å². The van der Waals surface area contributed by atoms with Gasteiger partial charge in [-0.25, -0.2) is 0 Å². The molecule has 3 N–H and O–H groups in total. The van der Waals surface area contributed by atoms with Crippen molar-refractivity contribution in [2.45, 2.75) is 18.9 Å². The Morgan fingerprint density at radius 1 is 1.50 bits per heavy atom. The van der Waals surface area contributed by atoms with Crippen molar-refractivity contribution in [1.29, 1.82) is 0 Å². The SMILES string of the molecule is Nc1ccc(C2CCC(=O)N2)cc1Cl. The molecule has 0 bridgehead atoms. The molecular weight excluding hydrogens is 200 g/mol. The Bertz CT molecular complexity index is 378. The predicted octanol–water partition coefficient (Wildman–Crippen LogP) is 1.87. The lowest BCUT2D eigenvalue weighted by Gasteiger charge is -2.11. The second kappa shape index (κ2) is 3.50. The first kappa shape index (κ1) is 9.34. The molecule has 0 spiro atoms. The van der Waals surface area contributed by atoms with Crippen LogP contribution in [0.5, 0.6) is 0 Å². The third kappa shape index (κ3) is 1.68. The van der Waals surface area contributed by atoms with Gasteiger partial charge in [-0.1, -0.05) is 17.7 Å². The van der Waals surface area contributed by atoms with E-state index in [4.69, 9.17) is 17.3 Å². The highest BCUT2D eigenvalue weighted by Crippen LogP contribution is 2.28. The van der Waals surface area contributed by atoms with Crippen LogP contribution in [0.25, 0.3) is 0 Å². The molecule has 1 fully saturated rings. The highest BCUT2D eigenvalue weighted by molar-refractivity contribution is 6.33. The molecule has 0 radical (unpaired) electrons. The number of benzene rings is 1. The number of carbonyl (C=O) groups is 1. The van der Waals surface area contributed by atoms with Gasteiger partial charge in [0, 0.05) is 6.42 Å². The summed E-state index contributed by atoms with van der Waals surface area (Å²) >= 11 is 5.89. The fourth-order valence-corrected chi connectivity index (χ4v) is 1.81. The normalized spacial score (nSPS) is 20.9. The van der Waals surface area contributed by atoms with E-state index in [1.807, 2.05) is 12.1 Å². The Morgan fingerprint density at radius 3 is 2.86 bits per heavy atom. The van der Waals surface area contributed by atoms with Crippen molar-refractivity contribution >= 4 is 23.2 Å². The smallest absolute Gasteiger partial charge is 0.220 e. The summed E-state index contributed by atoms with van der Waals surface area (Å²) in [5, 5.41) is 3.42. The molecule has 0 saturated carbocycles. The van der Waals surface area contributed by atoms with E-state index in [2.05, 4.69) is 5.32 Å². The summed E-state index contributed by atoms with van der Waals surface area (Å²) in [6, 6.07) is 5.58. The van der Waals surface area contributed by atoms with E-state index >= 15 is 0 Å². The molecule has 1 aliphatic heterocycles. The third-order valence-electron chi connectivity index (χ3n) is 2.42. The van der Waals surface area contributed by atoms with Crippen LogP contribution >= 0.6 is 11.6 Å². The summed E-state index contributed by atoms with van der Waals surface area (Å²) in [5.74, 6) is 0.1000. The van der Waals surface area contributed by atoms with Gasteiger partial charge in [-0.15, -0.1) is 0 Å². The molecule has 1 aliphatic rings. The van der Waals surface area contributed by atoms with Gasteiger partial charge < -0.3 is 11.1 Å². The standard InChI is InChI=1S/C10H11ClN2O/c11-7-5-6(1-2-8(7)12)9-3-4-10(14)13-9/h1-2,5,9H,3-4,12H2,(H,13,14). The number of halogens is 1. The quantitative estimate of drug-likeness (QED) is 0.696. The number of rotatable bonds is 1. The summed E-state index contributed by atoms with van der Waals surface area (Å²) in [6.45, 7) is 0. The maximum absolute atomic E-state index is 11.0. The van der Waals surface area contributed by atoms with Crippen LogP contribution < -0.4 is 11.1 Å². The molecule has 2 rings (SSSR count). The van der Waals surface area contributed by atoms with E-state index in [-0.39, 0.29) is 11.9 Å². The van der Waals surface area contributed by atoms with E-state index in [1.165, 1.54) is 0 Å². The molecule has 3 nitrogen and oxygen atoms in total. The zero-order valence-corrected chi connectivity index (χ0v) is 8.34. The lowest BCUT2D eigenvalue weighted by molar-refractivity contribution is -0.119. The van der Waals surface area contributed by atoms with Gasteiger partial charge in [0.1, 0.15) is 0 Å². The Hall–Kier alpha value is -1.22. The Balaban J connectivity index is 2.24. The van der Waals surface area contributed by atoms with Crippen molar-refractivity contribution in [3.63, 3.8) is 0 Å². The molecule has 0 aliphatic carbocycles. The molecule has 74 valence electrons. The highest BCUT2D eigenvalue weighted by atomic mass is 35.5. The molecule has 14 heavy (non-hydrogen) atoms. The lowest BCUT2D eigenvalue weighted by Crippen LogP contribution is -2.18. The third-order valence-corrected chi connectivity index (χ3v) is 2.75. The van der Waals surface area contributed by atoms with Crippen LogP contribution in [0, 0.1) is 0 Å². The van der Waals surface area contributed by atoms with Crippen molar-refractivity contribution < 1.29 is 4.79 Å². The molecule has 1 aromatic rings. The van der Waals surface area contributed by atoms with Gasteiger partial charge in [-0.05, 0) is 24.1 Å². The lowest BCUT2D eigenvalue weighted by atomic mass is 10.1. The second-order valence-corrected chi connectivity index (χ2v) is 3.85. The molecule has 1 aromatic carbocycles. The minimum absolute atomic E-state index is 0.0978. The van der Waals surface area contributed by atoms with Gasteiger partial charge in [-0.3, -0.25) is 4.79 Å². The van der Waals surface area contributed by atoms with Crippen LogP contribution in [-0.4, -0.2) is 5.91 Å². The van der Waals surface area contributed by atoms with Crippen molar-refractivity contribution in [3.05, 3.63) is 28.8 Å². The zero-order chi connectivity index (χ0) is 10.1. The number of nitrogens with one attached hydrogen (secondary N) is 1. The average molecular weight is 211 g/mol. The molecule has 1 heterocycles. The fourth-order valence-electron chi connectivity index (χ4n) is 1.62. The summed E-state index contributed by atoms with van der Waals surface area (Å²) in [6.07, 6.45) is 1.42. The Morgan fingerprint density at radius 2 is 2.29 bits per heavy atom. The minimum atomic E-state index is 0.0978. The number of hydrogen-bond donors (Lipinski definition) is 2. The second-order valence-electron chi connectivity index (χ2n) is 3.44. The summed E-state index contributed by atoms with van der Waals surface area (Å²) in [5.41, 5.74) is 7.19. The van der Waals surface area contributed by atoms with Gasteiger partial charge in [0.05, 0.1) is 16.8 Å². The van der Waals surface area contributed by atoms with E-state index in [1.54, 1.807) is 6.07 Å². The van der Waals surface area contributed by atoms with E-state index < -0.39 is 0 Å². The maximum Gasteiger partial charge on any atom is 0.220 e. The molecule has 1 unspecified atom stereocenters. The zero-order valence-electron chi connectivity index (χ0n) is 7.59. The van der Waals surface area contributed by atoms with Crippen LogP contribution in [-0.2, 0) is 4.79 Å². The van der Waals surface area contributed by atoms with Gasteiger partial charge in [0.25, 0.3) is 0 Å². The largest absolute Gasteiger partial charge is 0.398 e. The van der Waals surface area contributed by atoms with Crippen LogP contribution in [0.15, 0.2) is 18.2 Å². The van der Waals surface area contributed by atoms with Gasteiger partial charge in [-0.2, -0.15) is 0 Å². The summed E-state index contributed by atoms with van der Waals surface area (Å²) in [7, 11) is 0. The summed E-state index contributed by atoms with van der Waals surface area (Å²) < 4.78 is 0. The Labute approximate surface area is 87.2 Å². The number of nitrogen functional groups attached to an aromatic ring is 1. The van der Waals surface area contributed by atoms with E-state index in [0.29, 0.717) is 17.1 Å². The molecule has 1 atom stereocenters. The van der Waals surface area contributed by atoms with Crippen molar-refractivity contribution in [2.24, 2.45) is 0 Å². The van der Waals surface area contributed by atoms with E-state index in [0.717, 1.165) is 12.0 Å². The first-order valence-corrected chi connectivity index (χ1v) is 4.89. The van der Waals surface area contributed by atoms with Crippen LogP contribution in [0.1, 0.15) is 24.4 Å². The van der Waals surface area contributed by atoms with Gasteiger partial charge in [0.2, 0.25) is 5.91 Å². The molecular formula is C10H11ClN2O. The fraction of sp³-hybridized carbons (Fsp3) is 0.300. The number of amides is 1. The van der Waals surface area contributed by atoms with Crippen LogP contribution in [0.2, 0.25) is 5.02 Å². The number of hydrogen-bond acceptors (Lipinski definition) is 2. The van der Waals surface area contributed by atoms with Crippen molar-refractivity contribution in [3.8, 4) is 0 Å². The molecule has 1 saturated heterocycles. The highest BCUT2D eigenvalue weighted by Gasteiger charge is 2.22. The average Bonchev–Trinajstić information content (AvgIpc) is 2.57. The Kier molecular flexibility index (Phi) is 2.33. The minimum Gasteiger partial charge on any atom is -0.398 e.